The van der Waals surface area contributed by atoms with E-state index in [1.165, 1.54) is 5.56 Å². The van der Waals surface area contributed by atoms with Gasteiger partial charge in [-0.3, -0.25) is 4.90 Å². The Morgan fingerprint density at radius 2 is 1.90 bits per heavy atom. The predicted molar refractivity (Wildman–Crippen MR) is 119 cm³/mol. The second-order valence-electron chi connectivity index (χ2n) is 7.75. The molecular formula is C22H26Cl2N2O4. The highest BCUT2D eigenvalue weighted by Crippen LogP contribution is 2.45. The molecule has 4 rings (SSSR count). The fourth-order valence-corrected chi connectivity index (χ4v) is 4.28. The molecule has 2 aliphatic rings. The van der Waals surface area contributed by atoms with Crippen LogP contribution in [0.5, 0.6) is 11.5 Å². The van der Waals surface area contributed by atoms with Crippen LogP contribution >= 0.6 is 24.0 Å². The molecule has 8 heteroatoms. The monoisotopic (exact) mass is 452 g/mol. The Kier molecular flexibility index (Phi) is 7.34. The van der Waals surface area contributed by atoms with Crippen LogP contribution in [0.1, 0.15) is 24.0 Å². The molecule has 0 aromatic heterocycles. The Morgan fingerprint density at radius 3 is 2.57 bits per heavy atom. The number of nitrogens with two attached hydrogens (primary N) is 1. The number of carbonyl (C=O) groups is 1. The molecule has 0 spiro atoms. The van der Waals surface area contributed by atoms with E-state index in [0.29, 0.717) is 16.7 Å². The van der Waals surface area contributed by atoms with E-state index in [9.17, 15) is 9.90 Å². The molecule has 1 saturated heterocycles. The van der Waals surface area contributed by atoms with Gasteiger partial charge in [0.05, 0.1) is 10.7 Å². The number of nitrogen functional groups attached to an aromatic ring is 1. The average Bonchev–Trinajstić information content (AvgIpc) is 2.73. The first-order valence-electron chi connectivity index (χ1n) is 9.90. The van der Waals surface area contributed by atoms with E-state index < -0.39 is 12.1 Å². The zero-order valence-electron chi connectivity index (χ0n) is 16.6. The van der Waals surface area contributed by atoms with Crippen molar-refractivity contribution in [2.24, 2.45) is 5.92 Å². The molecular weight excluding hydrogens is 427 g/mol. The molecule has 2 aromatic rings. The molecule has 2 heterocycles. The quantitative estimate of drug-likeness (QED) is 0.666. The minimum Gasteiger partial charge on any atom is -0.485 e. The molecule has 0 bridgehead atoms. The molecule has 0 saturated carbocycles. The minimum absolute atomic E-state index is 0. The fourth-order valence-electron chi connectivity index (χ4n) is 4.06. The standard InChI is InChI=1S/C22H25ClN2O4.ClH/c23-17-11-16(20-21(19(17)24)29-18(13-28-20)22(26)27)10-14-6-8-25(9-7-14)12-15-4-2-1-3-5-15;/h1-5,11,14,18H,6-10,12-13,24H2,(H,26,27);1H. The van der Waals surface area contributed by atoms with E-state index in [4.69, 9.17) is 26.8 Å². The Morgan fingerprint density at radius 1 is 1.20 bits per heavy atom. The van der Waals surface area contributed by atoms with Crippen LogP contribution in [0.3, 0.4) is 0 Å². The second kappa shape index (κ2) is 9.77. The Bertz CT molecular complexity index is 886. The van der Waals surface area contributed by atoms with Gasteiger partial charge in [0.25, 0.3) is 0 Å². The van der Waals surface area contributed by atoms with Crippen molar-refractivity contribution < 1.29 is 19.4 Å². The first-order chi connectivity index (χ1) is 14.0. The van der Waals surface area contributed by atoms with Crippen LogP contribution < -0.4 is 15.2 Å². The lowest BCUT2D eigenvalue weighted by atomic mass is 9.89. The van der Waals surface area contributed by atoms with Crippen molar-refractivity contribution in [2.45, 2.75) is 31.9 Å². The zero-order chi connectivity index (χ0) is 20.4. The number of likely N-dealkylation sites (tertiary alicyclic amines) is 1. The summed E-state index contributed by atoms with van der Waals surface area (Å²) in [4.78, 5) is 13.7. The van der Waals surface area contributed by atoms with Gasteiger partial charge in [-0.1, -0.05) is 41.9 Å². The van der Waals surface area contributed by atoms with E-state index in [-0.39, 0.29) is 30.5 Å². The number of aliphatic carboxylic acids is 1. The number of ether oxygens (including phenoxy) is 2. The summed E-state index contributed by atoms with van der Waals surface area (Å²) in [6.45, 7) is 3.03. The van der Waals surface area contributed by atoms with E-state index in [2.05, 4.69) is 29.2 Å². The SMILES string of the molecule is Cl.Nc1c(Cl)cc(CC2CCN(Cc3ccccc3)CC2)c2c1OC(C(=O)O)CO2. The summed E-state index contributed by atoms with van der Waals surface area (Å²) in [5, 5.41) is 9.57. The third-order valence-electron chi connectivity index (χ3n) is 5.68. The average molecular weight is 453 g/mol. The largest absolute Gasteiger partial charge is 0.485 e. The molecule has 2 aliphatic heterocycles. The number of fused-ring (bicyclic) bond motifs is 1. The minimum atomic E-state index is -1.08. The Hall–Kier alpha value is -2.15. The number of hydrogen-bond donors (Lipinski definition) is 2. The molecule has 1 atom stereocenters. The van der Waals surface area contributed by atoms with Gasteiger partial charge in [-0.2, -0.15) is 0 Å². The number of piperidine rings is 1. The van der Waals surface area contributed by atoms with Crippen molar-refractivity contribution >= 4 is 35.7 Å². The van der Waals surface area contributed by atoms with Crippen molar-refractivity contribution in [3.63, 3.8) is 0 Å². The highest BCUT2D eigenvalue weighted by molar-refractivity contribution is 6.33. The van der Waals surface area contributed by atoms with Gasteiger partial charge in [-0.05, 0) is 55.5 Å². The van der Waals surface area contributed by atoms with Crippen molar-refractivity contribution in [1.29, 1.82) is 0 Å². The number of rotatable bonds is 5. The molecule has 0 radical (unpaired) electrons. The highest BCUT2D eigenvalue weighted by atomic mass is 35.5. The lowest BCUT2D eigenvalue weighted by Gasteiger charge is -2.33. The van der Waals surface area contributed by atoms with Crippen LogP contribution in [0.4, 0.5) is 5.69 Å². The van der Waals surface area contributed by atoms with Crippen LogP contribution in [0.15, 0.2) is 36.4 Å². The maximum Gasteiger partial charge on any atom is 0.348 e. The summed E-state index contributed by atoms with van der Waals surface area (Å²) >= 11 is 6.29. The van der Waals surface area contributed by atoms with Gasteiger partial charge < -0.3 is 20.3 Å². The van der Waals surface area contributed by atoms with Crippen molar-refractivity contribution in [3.05, 3.63) is 52.5 Å². The summed E-state index contributed by atoms with van der Waals surface area (Å²) in [5.74, 6) is 0.220. The van der Waals surface area contributed by atoms with Crippen LogP contribution in [0.2, 0.25) is 5.02 Å². The first-order valence-corrected chi connectivity index (χ1v) is 10.3. The van der Waals surface area contributed by atoms with Crippen LogP contribution in [0.25, 0.3) is 0 Å². The van der Waals surface area contributed by atoms with E-state index in [1.54, 1.807) is 0 Å². The topological polar surface area (TPSA) is 85.0 Å². The third-order valence-corrected chi connectivity index (χ3v) is 5.99. The number of hydrogen-bond acceptors (Lipinski definition) is 5. The van der Waals surface area contributed by atoms with Gasteiger partial charge in [-0.25, -0.2) is 4.79 Å². The molecule has 6 nitrogen and oxygen atoms in total. The fraction of sp³-hybridized carbons (Fsp3) is 0.409. The normalized spacial score (nSPS) is 19.2. The number of benzene rings is 2. The smallest absolute Gasteiger partial charge is 0.348 e. The highest BCUT2D eigenvalue weighted by Gasteiger charge is 2.32. The molecule has 1 fully saturated rings. The third kappa shape index (κ3) is 4.94. The first kappa shape index (κ1) is 22.5. The Labute approximate surface area is 187 Å². The number of carboxylic acids is 1. The van der Waals surface area contributed by atoms with E-state index in [1.807, 2.05) is 12.1 Å². The molecule has 30 heavy (non-hydrogen) atoms. The lowest BCUT2D eigenvalue weighted by Crippen LogP contribution is -2.37. The van der Waals surface area contributed by atoms with Crippen molar-refractivity contribution in [2.75, 3.05) is 25.4 Å². The Balaban J connectivity index is 0.00000256. The second-order valence-corrected chi connectivity index (χ2v) is 8.16. The van der Waals surface area contributed by atoms with Gasteiger partial charge in [0.1, 0.15) is 6.61 Å². The lowest BCUT2D eigenvalue weighted by molar-refractivity contribution is -0.147. The van der Waals surface area contributed by atoms with Gasteiger partial charge in [-0.15, -0.1) is 12.4 Å². The number of anilines is 1. The summed E-state index contributed by atoms with van der Waals surface area (Å²) in [7, 11) is 0. The van der Waals surface area contributed by atoms with Crippen LogP contribution in [-0.2, 0) is 17.8 Å². The maximum absolute atomic E-state index is 11.2. The molecule has 0 amide bonds. The van der Waals surface area contributed by atoms with E-state index in [0.717, 1.165) is 44.5 Å². The van der Waals surface area contributed by atoms with E-state index >= 15 is 0 Å². The number of carboxylic acid groups (broad SMARTS) is 1. The summed E-state index contributed by atoms with van der Waals surface area (Å²) in [6, 6.07) is 12.3. The molecule has 162 valence electrons. The molecule has 3 N–H and O–H groups in total. The van der Waals surface area contributed by atoms with Gasteiger partial charge in [0.2, 0.25) is 6.10 Å². The molecule has 0 aliphatic carbocycles. The molecule has 2 aromatic carbocycles. The summed E-state index contributed by atoms with van der Waals surface area (Å²) < 4.78 is 11.3. The van der Waals surface area contributed by atoms with Crippen molar-refractivity contribution in [1.82, 2.24) is 4.90 Å². The number of halogens is 2. The van der Waals surface area contributed by atoms with Crippen LogP contribution in [-0.4, -0.2) is 41.8 Å². The van der Waals surface area contributed by atoms with Crippen molar-refractivity contribution in [3.8, 4) is 11.5 Å². The predicted octanol–water partition coefficient (Wildman–Crippen LogP) is 4.02. The zero-order valence-corrected chi connectivity index (χ0v) is 18.1. The maximum atomic E-state index is 11.2. The summed E-state index contributed by atoms with van der Waals surface area (Å²) in [6.07, 6.45) is 1.91. The van der Waals surface area contributed by atoms with Gasteiger partial charge >= 0.3 is 5.97 Å². The number of nitrogens with zero attached hydrogens (tertiary/aromatic N) is 1. The van der Waals surface area contributed by atoms with Gasteiger partial charge in [0.15, 0.2) is 11.5 Å². The van der Waals surface area contributed by atoms with Gasteiger partial charge in [0, 0.05) is 6.54 Å². The van der Waals surface area contributed by atoms with Crippen LogP contribution in [0, 0.1) is 5.92 Å². The summed E-state index contributed by atoms with van der Waals surface area (Å²) in [5.41, 5.74) is 8.53. The molecule has 1 unspecified atom stereocenters.